The normalized spacial score (nSPS) is 21.2. The molecule has 1 aromatic rings. The molecule has 1 aliphatic rings. The SMILES string of the molecule is CO[C@H]1CCCN(C(=O)[C@@H](CN)c2ccccc2)C1. The number of likely N-dealkylation sites (tertiary alicyclic amines) is 1. The van der Waals surface area contributed by atoms with Gasteiger partial charge in [0.15, 0.2) is 0 Å². The molecule has 0 aliphatic carbocycles. The minimum atomic E-state index is -0.239. The molecule has 0 radical (unpaired) electrons. The molecule has 19 heavy (non-hydrogen) atoms. The van der Waals surface area contributed by atoms with Crippen molar-refractivity contribution >= 4 is 5.91 Å². The second kappa shape index (κ2) is 6.68. The molecule has 0 bridgehead atoms. The Morgan fingerprint density at radius 1 is 1.47 bits per heavy atom. The first-order valence-electron chi connectivity index (χ1n) is 6.83. The summed E-state index contributed by atoms with van der Waals surface area (Å²) in [5.41, 5.74) is 6.80. The van der Waals surface area contributed by atoms with Crippen LogP contribution in [0.15, 0.2) is 30.3 Å². The molecule has 1 fully saturated rings. The third-order valence-electron chi connectivity index (χ3n) is 3.76. The average Bonchev–Trinajstić information content (AvgIpc) is 2.49. The Labute approximate surface area is 114 Å². The second-order valence-corrected chi connectivity index (χ2v) is 4.98. The van der Waals surface area contributed by atoms with Crippen LogP contribution in [0.3, 0.4) is 0 Å². The summed E-state index contributed by atoms with van der Waals surface area (Å²) in [4.78, 5) is 14.5. The molecule has 4 nitrogen and oxygen atoms in total. The Kier molecular flexibility index (Phi) is 4.93. The number of ether oxygens (including phenoxy) is 1. The Bertz CT molecular complexity index is 408. The van der Waals surface area contributed by atoms with Crippen LogP contribution in [-0.4, -0.2) is 43.7 Å². The van der Waals surface area contributed by atoms with Crippen molar-refractivity contribution in [1.29, 1.82) is 0 Å². The van der Waals surface area contributed by atoms with E-state index >= 15 is 0 Å². The number of hydrogen-bond donors (Lipinski definition) is 1. The summed E-state index contributed by atoms with van der Waals surface area (Å²) in [6.45, 7) is 1.83. The predicted molar refractivity (Wildman–Crippen MR) is 74.8 cm³/mol. The van der Waals surface area contributed by atoms with Crippen LogP contribution in [0.1, 0.15) is 24.3 Å². The van der Waals surface area contributed by atoms with Gasteiger partial charge in [0, 0.05) is 26.7 Å². The lowest BCUT2D eigenvalue weighted by atomic mass is 9.96. The lowest BCUT2D eigenvalue weighted by Crippen LogP contribution is -2.46. The van der Waals surface area contributed by atoms with Crippen molar-refractivity contribution in [2.45, 2.75) is 24.9 Å². The van der Waals surface area contributed by atoms with Gasteiger partial charge < -0.3 is 15.4 Å². The van der Waals surface area contributed by atoms with E-state index in [0.717, 1.165) is 24.9 Å². The number of nitrogens with zero attached hydrogens (tertiary/aromatic N) is 1. The fourth-order valence-electron chi connectivity index (χ4n) is 2.62. The van der Waals surface area contributed by atoms with Crippen molar-refractivity contribution in [3.63, 3.8) is 0 Å². The molecule has 2 rings (SSSR count). The van der Waals surface area contributed by atoms with Gasteiger partial charge in [-0.1, -0.05) is 30.3 Å². The minimum absolute atomic E-state index is 0.121. The molecule has 1 amide bonds. The molecule has 2 N–H and O–H groups in total. The maximum Gasteiger partial charge on any atom is 0.231 e. The molecule has 2 atom stereocenters. The van der Waals surface area contributed by atoms with E-state index in [1.165, 1.54) is 0 Å². The molecule has 4 heteroatoms. The van der Waals surface area contributed by atoms with Gasteiger partial charge in [-0.05, 0) is 18.4 Å². The van der Waals surface area contributed by atoms with Gasteiger partial charge in [-0.2, -0.15) is 0 Å². The van der Waals surface area contributed by atoms with Crippen LogP contribution >= 0.6 is 0 Å². The quantitative estimate of drug-likeness (QED) is 0.891. The van der Waals surface area contributed by atoms with E-state index in [9.17, 15) is 4.79 Å². The molecule has 0 spiro atoms. The standard InChI is InChI=1S/C15H22N2O2/c1-19-13-8-5-9-17(11-13)15(18)14(10-16)12-6-3-2-4-7-12/h2-4,6-7,13-14H,5,8-11,16H2,1H3/t13-,14-/m0/s1. The lowest BCUT2D eigenvalue weighted by molar-refractivity contribution is -0.136. The molecule has 0 aromatic heterocycles. The molecule has 0 unspecified atom stereocenters. The van der Waals surface area contributed by atoms with Crippen LogP contribution < -0.4 is 5.73 Å². The van der Waals surface area contributed by atoms with Crippen LogP contribution in [0.2, 0.25) is 0 Å². The maximum atomic E-state index is 12.6. The molecule has 1 aromatic carbocycles. The summed E-state index contributed by atoms with van der Waals surface area (Å²) in [5, 5.41) is 0. The zero-order chi connectivity index (χ0) is 13.7. The summed E-state index contributed by atoms with van der Waals surface area (Å²) in [7, 11) is 1.70. The topological polar surface area (TPSA) is 55.6 Å². The second-order valence-electron chi connectivity index (χ2n) is 4.98. The molecule has 1 aliphatic heterocycles. The summed E-state index contributed by atoms with van der Waals surface area (Å²) >= 11 is 0. The van der Waals surface area contributed by atoms with Crippen LogP contribution in [0.5, 0.6) is 0 Å². The predicted octanol–water partition coefficient (Wildman–Crippen LogP) is 1.37. The maximum absolute atomic E-state index is 12.6. The van der Waals surface area contributed by atoms with Gasteiger partial charge in [-0.15, -0.1) is 0 Å². The van der Waals surface area contributed by atoms with E-state index in [-0.39, 0.29) is 17.9 Å². The van der Waals surface area contributed by atoms with Crippen molar-refractivity contribution in [3.05, 3.63) is 35.9 Å². The van der Waals surface area contributed by atoms with Crippen molar-refractivity contribution in [2.24, 2.45) is 5.73 Å². The van der Waals surface area contributed by atoms with Gasteiger partial charge in [0.2, 0.25) is 5.91 Å². The minimum Gasteiger partial charge on any atom is -0.380 e. The fourth-order valence-corrected chi connectivity index (χ4v) is 2.62. The molecule has 104 valence electrons. The first-order chi connectivity index (χ1) is 9.26. The van der Waals surface area contributed by atoms with Crippen molar-refractivity contribution in [1.82, 2.24) is 4.90 Å². The zero-order valence-corrected chi connectivity index (χ0v) is 11.4. The highest BCUT2D eigenvalue weighted by atomic mass is 16.5. The highest BCUT2D eigenvalue weighted by Crippen LogP contribution is 2.21. The number of carbonyl (C=O) groups is 1. The van der Waals surface area contributed by atoms with E-state index in [4.69, 9.17) is 10.5 Å². The van der Waals surface area contributed by atoms with E-state index in [1.54, 1.807) is 7.11 Å². The zero-order valence-electron chi connectivity index (χ0n) is 11.4. The van der Waals surface area contributed by atoms with Crippen LogP contribution in [0.25, 0.3) is 0 Å². The number of rotatable bonds is 4. The molecular weight excluding hydrogens is 240 g/mol. The lowest BCUT2D eigenvalue weighted by Gasteiger charge is -2.34. The number of hydrogen-bond acceptors (Lipinski definition) is 3. The number of benzene rings is 1. The van der Waals surface area contributed by atoms with Gasteiger partial charge in [0.1, 0.15) is 0 Å². The molecule has 0 saturated carbocycles. The number of methoxy groups -OCH3 is 1. The van der Waals surface area contributed by atoms with Crippen LogP contribution in [0.4, 0.5) is 0 Å². The smallest absolute Gasteiger partial charge is 0.231 e. The number of nitrogens with two attached hydrogens (primary N) is 1. The Morgan fingerprint density at radius 2 is 2.21 bits per heavy atom. The van der Waals surface area contributed by atoms with E-state index < -0.39 is 0 Å². The number of carbonyl (C=O) groups excluding carboxylic acids is 1. The fraction of sp³-hybridized carbons (Fsp3) is 0.533. The largest absolute Gasteiger partial charge is 0.380 e. The van der Waals surface area contributed by atoms with Gasteiger partial charge in [0.25, 0.3) is 0 Å². The highest BCUT2D eigenvalue weighted by Gasteiger charge is 2.28. The summed E-state index contributed by atoms with van der Waals surface area (Å²) in [6, 6.07) is 9.77. The first kappa shape index (κ1) is 14.0. The Balaban J connectivity index is 2.08. The highest BCUT2D eigenvalue weighted by molar-refractivity contribution is 5.84. The van der Waals surface area contributed by atoms with Crippen LogP contribution in [0, 0.1) is 0 Å². The van der Waals surface area contributed by atoms with E-state index in [1.807, 2.05) is 35.2 Å². The van der Waals surface area contributed by atoms with E-state index in [2.05, 4.69) is 0 Å². The van der Waals surface area contributed by atoms with Gasteiger partial charge in [-0.25, -0.2) is 0 Å². The number of amides is 1. The molecule has 1 heterocycles. The first-order valence-corrected chi connectivity index (χ1v) is 6.83. The monoisotopic (exact) mass is 262 g/mol. The van der Waals surface area contributed by atoms with Gasteiger partial charge >= 0.3 is 0 Å². The molecule has 1 saturated heterocycles. The van der Waals surface area contributed by atoms with E-state index in [0.29, 0.717) is 13.1 Å². The van der Waals surface area contributed by atoms with Gasteiger partial charge in [0.05, 0.1) is 12.0 Å². The van der Waals surface area contributed by atoms with Gasteiger partial charge in [-0.3, -0.25) is 4.79 Å². The Hall–Kier alpha value is -1.39. The number of piperidine rings is 1. The van der Waals surface area contributed by atoms with Crippen molar-refractivity contribution in [2.75, 3.05) is 26.7 Å². The van der Waals surface area contributed by atoms with Crippen LogP contribution in [-0.2, 0) is 9.53 Å². The van der Waals surface area contributed by atoms with Crippen molar-refractivity contribution in [3.8, 4) is 0 Å². The molecular formula is C15H22N2O2. The summed E-state index contributed by atoms with van der Waals surface area (Å²) in [5.74, 6) is -0.118. The van der Waals surface area contributed by atoms with Crippen molar-refractivity contribution < 1.29 is 9.53 Å². The average molecular weight is 262 g/mol. The Morgan fingerprint density at radius 3 is 2.84 bits per heavy atom. The third-order valence-corrected chi connectivity index (χ3v) is 3.76. The summed E-state index contributed by atoms with van der Waals surface area (Å²) in [6.07, 6.45) is 2.18. The third kappa shape index (κ3) is 3.33. The summed E-state index contributed by atoms with van der Waals surface area (Å²) < 4.78 is 5.37.